The quantitative estimate of drug-likeness (QED) is 0.669. The van der Waals surface area contributed by atoms with Crippen LogP contribution in [0.2, 0.25) is 0 Å². The molecular formula is C17H15F2N5OS. The van der Waals surface area contributed by atoms with Gasteiger partial charge in [-0.3, -0.25) is 4.79 Å². The minimum Gasteiger partial charge on any atom is -0.382 e. The van der Waals surface area contributed by atoms with E-state index in [0.717, 1.165) is 22.6 Å². The standard InChI is InChI=1S/C17H15F2N5OS/c1-26-12-5-2-10(3-6-12)9-24-16(20)15(22-23-24)17(25)21-11-4-7-13(18)14(19)8-11/h2-8H,9,20H2,1H3,(H,21,25). The molecular weight excluding hydrogens is 360 g/mol. The highest BCUT2D eigenvalue weighted by Gasteiger charge is 2.18. The third kappa shape index (κ3) is 3.83. The number of rotatable bonds is 5. The molecule has 0 atom stereocenters. The molecule has 0 fully saturated rings. The minimum absolute atomic E-state index is 0.0824. The van der Waals surface area contributed by atoms with E-state index in [1.54, 1.807) is 11.8 Å². The van der Waals surface area contributed by atoms with Crippen molar-refractivity contribution in [3.8, 4) is 0 Å². The van der Waals surface area contributed by atoms with Crippen LogP contribution in [0.5, 0.6) is 0 Å². The van der Waals surface area contributed by atoms with E-state index in [2.05, 4.69) is 15.6 Å². The third-order valence-corrected chi connectivity index (χ3v) is 4.40. The first-order valence-electron chi connectivity index (χ1n) is 7.56. The van der Waals surface area contributed by atoms with Crippen molar-refractivity contribution in [1.82, 2.24) is 15.0 Å². The van der Waals surface area contributed by atoms with E-state index < -0.39 is 17.5 Å². The second kappa shape index (κ2) is 7.52. The highest BCUT2D eigenvalue weighted by atomic mass is 32.2. The molecule has 0 radical (unpaired) electrons. The molecule has 134 valence electrons. The molecule has 0 aliphatic heterocycles. The number of hydrogen-bond donors (Lipinski definition) is 2. The molecule has 0 bridgehead atoms. The van der Waals surface area contributed by atoms with Gasteiger partial charge in [-0.05, 0) is 36.1 Å². The number of anilines is 2. The zero-order valence-electron chi connectivity index (χ0n) is 13.7. The molecule has 1 heterocycles. The third-order valence-electron chi connectivity index (χ3n) is 3.66. The van der Waals surface area contributed by atoms with Crippen LogP contribution in [-0.2, 0) is 6.54 Å². The van der Waals surface area contributed by atoms with Gasteiger partial charge in [0.1, 0.15) is 0 Å². The predicted octanol–water partition coefficient (Wildman–Crippen LogP) is 3.16. The number of nitrogens with zero attached hydrogens (tertiary/aromatic N) is 3. The lowest BCUT2D eigenvalue weighted by atomic mass is 10.2. The Morgan fingerprint density at radius 1 is 1.19 bits per heavy atom. The first-order chi connectivity index (χ1) is 12.5. The van der Waals surface area contributed by atoms with Gasteiger partial charge < -0.3 is 11.1 Å². The van der Waals surface area contributed by atoms with Gasteiger partial charge in [-0.1, -0.05) is 17.3 Å². The summed E-state index contributed by atoms with van der Waals surface area (Å²) in [5, 5.41) is 10.1. The fraction of sp³-hybridized carbons (Fsp3) is 0.118. The molecule has 0 spiro atoms. The molecule has 0 saturated carbocycles. The number of carbonyl (C=O) groups is 1. The van der Waals surface area contributed by atoms with Crippen molar-refractivity contribution in [3.05, 3.63) is 65.4 Å². The minimum atomic E-state index is -1.06. The highest BCUT2D eigenvalue weighted by molar-refractivity contribution is 7.98. The maximum atomic E-state index is 13.2. The molecule has 3 N–H and O–H groups in total. The monoisotopic (exact) mass is 375 g/mol. The van der Waals surface area contributed by atoms with Crippen LogP contribution >= 0.6 is 11.8 Å². The van der Waals surface area contributed by atoms with Gasteiger partial charge in [0.2, 0.25) is 0 Å². The number of aromatic nitrogens is 3. The van der Waals surface area contributed by atoms with E-state index >= 15 is 0 Å². The predicted molar refractivity (Wildman–Crippen MR) is 96.1 cm³/mol. The Hall–Kier alpha value is -2.94. The smallest absolute Gasteiger partial charge is 0.280 e. The number of benzene rings is 2. The molecule has 6 nitrogen and oxygen atoms in total. The summed E-state index contributed by atoms with van der Waals surface area (Å²) in [4.78, 5) is 13.4. The molecule has 3 rings (SSSR count). The zero-order valence-corrected chi connectivity index (χ0v) is 14.6. The van der Waals surface area contributed by atoms with Gasteiger partial charge in [0, 0.05) is 16.6 Å². The van der Waals surface area contributed by atoms with E-state index in [0.29, 0.717) is 6.54 Å². The number of hydrogen-bond acceptors (Lipinski definition) is 5. The van der Waals surface area contributed by atoms with Gasteiger partial charge in [-0.25, -0.2) is 13.5 Å². The van der Waals surface area contributed by atoms with Crippen molar-refractivity contribution in [2.75, 3.05) is 17.3 Å². The summed E-state index contributed by atoms with van der Waals surface area (Å²) < 4.78 is 27.6. The lowest BCUT2D eigenvalue weighted by molar-refractivity contribution is 0.102. The zero-order chi connectivity index (χ0) is 18.7. The number of nitrogens with two attached hydrogens (primary N) is 1. The Labute approximate surface area is 152 Å². The Bertz CT molecular complexity index is 943. The van der Waals surface area contributed by atoms with Gasteiger partial charge >= 0.3 is 0 Å². The molecule has 1 amide bonds. The SMILES string of the molecule is CSc1ccc(Cn2nnc(C(=O)Nc3ccc(F)c(F)c3)c2N)cc1. The van der Waals surface area contributed by atoms with Crippen molar-refractivity contribution in [1.29, 1.82) is 0 Å². The largest absolute Gasteiger partial charge is 0.382 e. The van der Waals surface area contributed by atoms with Crippen LogP contribution in [0.1, 0.15) is 16.1 Å². The van der Waals surface area contributed by atoms with E-state index in [1.807, 2.05) is 30.5 Å². The van der Waals surface area contributed by atoms with Crippen LogP contribution in [0.4, 0.5) is 20.3 Å². The Balaban J connectivity index is 1.74. The van der Waals surface area contributed by atoms with Crippen LogP contribution in [-0.4, -0.2) is 27.2 Å². The van der Waals surface area contributed by atoms with Gasteiger partial charge in [-0.15, -0.1) is 16.9 Å². The number of carbonyl (C=O) groups excluding carboxylic acids is 1. The molecule has 0 saturated heterocycles. The van der Waals surface area contributed by atoms with E-state index in [-0.39, 0.29) is 17.2 Å². The summed E-state index contributed by atoms with van der Waals surface area (Å²) >= 11 is 1.64. The summed E-state index contributed by atoms with van der Waals surface area (Å²) in [5.74, 6) is -2.63. The van der Waals surface area contributed by atoms with Crippen molar-refractivity contribution >= 4 is 29.2 Å². The van der Waals surface area contributed by atoms with Crippen molar-refractivity contribution < 1.29 is 13.6 Å². The van der Waals surface area contributed by atoms with Crippen molar-refractivity contribution in [2.45, 2.75) is 11.4 Å². The molecule has 0 unspecified atom stereocenters. The summed E-state index contributed by atoms with van der Waals surface area (Å²) in [5.41, 5.74) is 6.91. The van der Waals surface area contributed by atoms with Crippen LogP contribution in [0.25, 0.3) is 0 Å². The first kappa shape index (κ1) is 17.9. The number of halogens is 2. The lowest BCUT2D eigenvalue weighted by Gasteiger charge is -2.06. The number of nitrogens with one attached hydrogen (secondary N) is 1. The maximum Gasteiger partial charge on any atom is 0.280 e. The van der Waals surface area contributed by atoms with Gasteiger partial charge in [0.25, 0.3) is 5.91 Å². The molecule has 0 aliphatic carbocycles. The molecule has 3 aromatic rings. The second-order valence-electron chi connectivity index (χ2n) is 5.41. The van der Waals surface area contributed by atoms with Crippen LogP contribution < -0.4 is 11.1 Å². The summed E-state index contributed by atoms with van der Waals surface area (Å²) in [7, 11) is 0. The topological polar surface area (TPSA) is 85.8 Å². The van der Waals surface area contributed by atoms with Crippen molar-refractivity contribution in [2.24, 2.45) is 0 Å². The van der Waals surface area contributed by atoms with Crippen molar-refractivity contribution in [3.63, 3.8) is 0 Å². The maximum absolute atomic E-state index is 13.2. The van der Waals surface area contributed by atoms with Crippen LogP contribution in [0.15, 0.2) is 47.4 Å². The van der Waals surface area contributed by atoms with Gasteiger partial charge in [0.05, 0.1) is 6.54 Å². The second-order valence-corrected chi connectivity index (χ2v) is 6.29. The fourth-order valence-electron chi connectivity index (χ4n) is 2.27. The summed E-state index contributed by atoms with van der Waals surface area (Å²) in [6.45, 7) is 0.353. The lowest BCUT2D eigenvalue weighted by Crippen LogP contribution is -2.15. The van der Waals surface area contributed by atoms with E-state index in [9.17, 15) is 13.6 Å². The Morgan fingerprint density at radius 2 is 1.92 bits per heavy atom. The number of nitrogen functional groups attached to an aromatic ring is 1. The molecule has 2 aromatic carbocycles. The van der Waals surface area contributed by atoms with E-state index in [1.165, 1.54) is 10.7 Å². The summed E-state index contributed by atoms with van der Waals surface area (Å²) in [6.07, 6.45) is 1.99. The Morgan fingerprint density at radius 3 is 2.58 bits per heavy atom. The average molecular weight is 375 g/mol. The highest BCUT2D eigenvalue weighted by Crippen LogP contribution is 2.18. The van der Waals surface area contributed by atoms with Gasteiger partial charge in [0.15, 0.2) is 23.1 Å². The molecule has 1 aromatic heterocycles. The first-order valence-corrected chi connectivity index (χ1v) is 8.78. The molecule has 0 aliphatic rings. The average Bonchev–Trinajstić information content (AvgIpc) is 2.99. The molecule has 9 heteroatoms. The number of thioether (sulfide) groups is 1. The normalized spacial score (nSPS) is 10.7. The van der Waals surface area contributed by atoms with Crippen LogP contribution in [0, 0.1) is 11.6 Å². The fourth-order valence-corrected chi connectivity index (χ4v) is 2.68. The molecule has 26 heavy (non-hydrogen) atoms. The number of amides is 1. The van der Waals surface area contributed by atoms with E-state index in [4.69, 9.17) is 5.73 Å². The van der Waals surface area contributed by atoms with Crippen LogP contribution in [0.3, 0.4) is 0 Å². The van der Waals surface area contributed by atoms with Gasteiger partial charge in [-0.2, -0.15) is 0 Å². The Kier molecular flexibility index (Phi) is 5.17. The summed E-state index contributed by atoms with van der Waals surface area (Å²) in [6, 6.07) is 10.9.